The van der Waals surface area contributed by atoms with Gasteiger partial charge in [-0.25, -0.2) is 0 Å². The number of aromatic nitrogens is 2. The maximum Gasteiger partial charge on any atom is 0.230 e. The maximum atomic E-state index is 12.1. The van der Waals surface area contributed by atoms with Crippen LogP contribution in [0.1, 0.15) is 33.1 Å². The van der Waals surface area contributed by atoms with E-state index in [4.69, 9.17) is 0 Å². The summed E-state index contributed by atoms with van der Waals surface area (Å²) in [6.07, 6.45) is 5.34. The molecule has 0 aromatic carbocycles. The lowest BCUT2D eigenvalue weighted by atomic mass is 9.78. The van der Waals surface area contributed by atoms with Crippen molar-refractivity contribution in [2.24, 2.45) is 11.8 Å². The summed E-state index contributed by atoms with van der Waals surface area (Å²) in [4.78, 5) is 12.1. The molecule has 122 valence electrons. The molecule has 22 heavy (non-hydrogen) atoms. The topological polar surface area (TPSA) is 66.9 Å². The predicted molar refractivity (Wildman–Crippen MR) is 93.4 cm³/mol. The standard InChI is InChI=1S/C15H24N4OS2/c1-4-8-16-14-18-19-15(22-14)21-9-13(20)17-12-7-5-6-10(2)11(12)3/h4,10-12H,1,5-9H2,2-3H3,(H,16,18)(H,17,20)/t10-,11+,12+/m0/s1. The van der Waals surface area contributed by atoms with Crippen molar-refractivity contribution in [1.29, 1.82) is 0 Å². The van der Waals surface area contributed by atoms with Gasteiger partial charge in [-0.1, -0.05) is 55.9 Å². The second-order valence-electron chi connectivity index (χ2n) is 5.77. The fraction of sp³-hybridized carbons (Fsp3) is 0.667. The Kier molecular flexibility index (Phi) is 6.70. The van der Waals surface area contributed by atoms with Gasteiger partial charge in [0.15, 0.2) is 4.34 Å². The van der Waals surface area contributed by atoms with E-state index in [2.05, 4.69) is 41.3 Å². The third-order valence-electron chi connectivity index (χ3n) is 4.18. The van der Waals surface area contributed by atoms with Crippen molar-refractivity contribution in [3.05, 3.63) is 12.7 Å². The van der Waals surface area contributed by atoms with E-state index in [0.29, 0.717) is 30.2 Å². The van der Waals surface area contributed by atoms with Gasteiger partial charge in [0.2, 0.25) is 11.0 Å². The van der Waals surface area contributed by atoms with E-state index in [-0.39, 0.29) is 5.91 Å². The van der Waals surface area contributed by atoms with Crippen molar-refractivity contribution in [3.63, 3.8) is 0 Å². The number of nitrogens with one attached hydrogen (secondary N) is 2. The molecule has 0 bridgehead atoms. The number of hydrogen-bond acceptors (Lipinski definition) is 6. The smallest absolute Gasteiger partial charge is 0.230 e. The number of hydrogen-bond donors (Lipinski definition) is 2. The van der Waals surface area contributed by atoms with Crippen molar-refractivity contribution in [3.8, 4) is 0 Å². The summed E-state index contributed by atoms with van der Waals surface area (Å²) >= 11 is 2.90. The van der Waals surface area contributed by atoms with E-state index in [1.807, 2.05) is 0 Å². The first kappa shape index (κ1) is 17.3. The summed E-state index contributed by atoms with van der Waals surface area (Å²) in [6, 6.07) is 0.316. The van der Waals surface area contributed by atoms with Crippen molar-refractivity contribution in [1.82, 2.24) is 15.5 Å². The first-order valence-electron chi connectivity index (χ1n) is 7.70. The molecule has 7 heteroatoms. The van der Waals surface area contributed by atoms with E-state index in [1.165, 1.54) is 35.9 Å². The molecule has 1 fully saturated rings. The number of carbonyl (C=O) groups is 1. The van der Waals surface area contributed by atoms with E-state index >= 15 is 0 Å². The molecular formula is C15H24N4OS2. The first-order valence-corrected chi connectivity index (χ1v) is 9.50. The van der Waals surface area contributed by atoms with E-state index in [0.717, 1.165) is 15.9 Å². The average molecular weight is 341 g/mol. The fourth-order valence-corrected chi connectivity index (χ4v) is 4.23. The van der Waals surface area contributed by atoms with Gasteiger partial charge in [-0.15, -0.1) is 16.8 Å². The lowest BCUT2D eigenvalue weighted by Crippen LogP contribution is -2.44. The summed E-state index contributed by atoms with van der Waals surface area (Å²) in [5, 5.41) is 15.1. The summed E-state index contributed by atoms with van der Waals surface area (Å²) in [6.45, 7) is 8.82. The van der Waals surface area contributed by atoms with Crippen LogP contribution in [0.2, 0.25) is 0 Å². The molecule has 0 saturated heterocycles. The van der Waals surface area contributed by atoms with E-state index in [1.54, 1.807) is 6.08 Å². The van der Waals surface area contributed by atoms with Gasteiger partial charge < -0.3 is 10.6 Å². The highest BCUT2D eigenvalue weighted by Gasteiger charge is 2.28. The Balaban J connectivity index is 1.75. The van der Waals surface area contributed by atoms with Gasteiger partial charge in [-0.3, -0.25) is 4.79 Å². The molecule has 0 spiro atoms. The highest BCUT2D eigenvalue weighted by atomic mass is 32.2. The van der Waals surface area contributed by atoms with Crippen LogP contribution in [-0.4, -0.2) is 34.4 Å². The third kappa shape index (κ3) is 4.98. The third-order valence-corrected chi connectivity index (χ3v) is 6.20. The Bertz CT molecular complexity index is 505. The monoisotopic (exact) mass is 340 g/mol. The van der Waals surface area contributed by atoms with Gasteiger partial charge in [0.25, 0.3) is 0 Å². The van der Waals surface area contributed by atoms with Crippen molar-refractivity contribution in [2.75, 3.05) is 17.6 Å². The van der Waals surface area contributed by atoms with Gasteiger partial charge in [0, 0.05) is 12.6 Å². The van der Waals surface area contributed by atoms with E-state index in [9.17, 15) is 4.79 Å². The van der Waals surface area contributed by atoms with Gasteiger partial charge in [-0.2, -0.15) is 0 Å². The Morgan fingerprint density at radius 3 is 3.05 bits per heavy atom. The minimum Gasteiger partial charge on any atom is -0.357 e. The highest BCUT2D eigenvalue weighted by Crippen LogP contribution is 2.30. The molecule has 1 aliphatic rings. The fourth-order valence-electron chi connectivity index (χ4n) is 2.66. The highest BCUT2D eigenvalue weighted by molar-refractivity contribution is 8.01. The predicted octanol–water partition coefficient (Wildman–Crippen LogP) is 3.17. The van der Waals surface area contributed by atoms with Crippen LogP contribution in [0.4, 0.5) is 5.13 Å². The number of carbonyl (C=O) groups excluding carboxylic acids is 1. The molecule has 0 radical (unpaired) electrons. The molecule has 1 amide bonds. The molecule has 5 nitrogen and oxygen atoms in total. The first-order chi connectivity index (χ1) is 10.6. The Hall–Kier alpha value is -1.08. The second-order valence-corrected chi connectivity index (χ2v) is 7.97. The van der Waals surface area contributed by atoms with Crippen LogP contribution in [0, 0.1) is 11.8 Å². The number of thioether (sulfide) groups is 1. The zero-order valence-corrected chi connectivity index (χ0v) is 14.8. The molecule has 1 aromatic rings. The van der Waals surface area contributed by atoms with Crippen LogP contribution in [0.15, 0.2) is 17.0 Å². The SMILES string of the molecule is C=CCNc1nnc(SCC(=O)N[C@@H]2CCC[C@H](C)[C@H]2C)s1. The zero-order valence-electron chi connectivity index (χ0n) is 13.2. The van der Waals surface area contributed by atoms with Crippen LogP contribution in [-0.2, 0) is 4.79 Å². The summed E-state index contributed by atoms with van der Waals surface area (Å²) in [7, 11) is 0. The molecule has 1 heterocycles. The van der Waals surface area contributed by atoms with E-state index < -0.39 is 0 Å². The number of anilines is 1. The normalized spacial score (nSPS) is 24.7. The average Bonchev–Trinajstić information content (AvgIpc) is 2.96. The Labute approximate surface area is 140 Å². The van der Waals surface area contributed by atoms with Crippen LogP contribution in [0.3, 0.4) is 0 Å². The summed E-state index contributed by atoms with van der Waals surface area (Å²) in [5.41, 5.74) is 0. The molecule has 0 aliphatic heterocycles. The van der Waals surface area contributed by atoms with Gasteiger partial charge in [0.05, 0.1) is 5.75 Å². The van der Waals surface area contributed by atoms with Crippen LogP contribution in [0.5, 0.6) is 0 Å². The number of nitrogens with zero attached hydrogens (tertiary/aromatic N) is 2. The van der Waals surface area contributed by atoms with Crippen molar-refractivity contribution < 1.29 is 4.79 Å². The molecule has 2 rings (SSSR count). The molecule has 1 aromatic heterocycles. The van der Waals surface area contributed by atoms with Crippen LogP contribution >= 0.6 is 23.1 Å². The maximum absolute atomic E-state index is 12.1. The summed E-state index contributed by atoms with van der Waals surface area (Å²) in [5.74, 6) is 1.73. The summed E-state index contributed by atoms with van der Waals surface area (Å²) < 4.78 is 0.812. The minimum absolute atomic E-state index is 0.0896. The molecule has 1 saturated carbocycles. The van der Waals surface area contributed by atoms with Crippen molar-refractivity contribution >= 4 is 34.1 Å². The molecule has 2 N–H and O–H groups in total. The molecule has 0 unspecified atom stereocenters. The van der Waals surface area contributed by atoms with Crippen molar-refractivity contribution in [2.45, 2.75) is 43.5 Å². The number of rotatable bonds is 7. The molecule has 3 atom stereocenters. The quantitative estimate of drug-likeness (QED) is 0.589. The Morgan fingerprint density at radius 2 is 2.27 bits per heavy atom. The van der Waals surface area contributed by atoms with Gasteiger partial charge in [0.1, 0.15) is 0 Å². The second kappa shape index (κ2) is 8.53. The zero-order chi connectivity index (χ0) is 15.9. The molecular weight excluding hydrogens is 316 g/mol. The van der Waals surface area contributed by atoms with Gasteiger partial charge >= 0.3 is 0 Å². The van der Waals surface area contributed by atoms with Gasteiger partial charge in [-0.05, 0) is 18.3 Å². The van der Waals surface area contributed by atoms with Crippen LogP contribution in [0.25, 0.3) is 0 Å². The lowest BCUT2D eigenvalue weighted by molar-refractivity contribution is -0.119. The minimum atomic E-state index is 0.0896. The molecule has 1 aliphatic carbocycles. The number of amides is 1. The lowest BCUT2D eigenvalue weighted by Gasteiger charge is -2.34. The Morgan fingerprint density at radius 1 is 1.45 bits per heavy atom. The van der Waals surface area contributed by atoms with Crippen LogP contribution < -0.4 is 10.6 Å². The largest absolute Gasteiger partial charge is 0.357 e.